The van der Waals surface area contributed by atoms with Crippen molar-refractivity contribution >= 4 is 17.4 Å². The highest BCUT2D eigenvalue weighted by molar-refractivity contribution is 6.32. The van der Waals surface area contributed by atoms with Gasteiger partial charge in [0, 0.05) is 11.6 Å². The third-order valence-electron chi connectivity index (χ3n) is 3.36. The molecular formula is C17H16ClN3O. The largest absolute Gasteiger partial charge is 0.487 e. The first-order valence-electron chi connectivity index (χ1n) is 6.91. The molecule has 0 amide bonds. The molecule has 0 saturated carbocycles. The van der Waals surface area contributed by atoms with Gasteiger partial charge in [-0.1, -0.05) is 41.9 Å². The molecule has 112 valence electrons. The average Bonchev–Trinajstić information content (AvgIpc) is 2.94. The quantitative estimate of drug-likeness (QED) is 0.758. The summed E-state index contributed by atoms with van der Waals surface area (Å²) in [5.41, 5.74) is 9.46. The number of benzene rings is 2. The lowest BCUT2D eigenvalue weighted by Crippen LogP contribution is -1.98. The molecule has 0 bridgehead atoms. The fourth-order valence-electron chi connectivity index (χ4n) is 2.28. The molecule has 1 heterocycles. The van der Waals surface area contributed by atoms with Crippen molar-refractivity contribution < 1.29 is 4.74 Å². The van der Waals surface area contributed by atoms with Gasteiger partial charge in [-0.2, -0.15) is 5.10 Å². The number of aromatic amines is 1. The number of nitrogens with zero attached hydrogens (tertiary/aromatic N) is 1. The van der Waals surface area contributed by atoms with Gasteiger partial charge in [-0.25, -0.2) is 0 Å². The molecule has 1 aromatic heterocycles. The Hall–Kier alpha value is -2.46. The highest BCUT2D eigenvalue weighted by atomic mass is 35.5. The predicted octanol–water partition coefficient (Wildman–Crippen LogP) is 4.20. The zero-order valence-corrected chi connectivity index (χ0v) is 12.9. The first kappa shape index (κ1) is 14.5. The summed E-state index contributed by atoms with van der Waals surface area (Å²) in [6.45, 7) is 2.45. The minimum absolute atomic E-state index is 0.452. The van der Waals surface area contributed by atoms with Crippen LogP contribution >= 0.6 is 11.6 Å². The molecule has 3 aromatic rings. The third-order valence-corrected chi connectivity index (χ3v) is 3.64. The number of aryl methyl sites for hydroxylation is 1. The van der Waals surface area contributed by atoms with Gasteiger partial charge in [0.15, 0.2) is 0 Å². The van der Waals surface area contributed by atoms with Crippen molar-refractivity contribution in [1.82, 2.24) is 10.2 Å². The van der Waals surface area contributed by atoms with E-state index in [9.17, 15) is 0 Å². The van der Waals surface area contributed by atoms with Crippen molar-refractivity contribution in [3.8, 4) is 17.0 Å². The lowest BCUT2D eigenvalue weighted by atomic mass is 10.1. The minimum Gasteiger partial charge on any atom is -0.487 e. The average molecular weight is 314 g/mol. The van der Waals surface area contributed by atoms with E-state index in [-0.39, 0.29) is 0 Å². The number of hydrogen-bond acceptors (Lipinski definition) is 3. The summed E-state index contributed by atoms with van der Waals surface area (Å²) in [4.78, 5) is 0. The van der Waals surface area contributed by atoms with Crippen LogP contribution in [0, 0.1) is 6.92 Å². The van der Waals surface area contributed by atoms with Crippen LogP contribution in [-0.2, 0) is 6.61 Å². The maximum absolute atomic E-state index is 6.37. The molecule has 2 aromatic carbocycles. The van der Waals surface area contributed by atoms with Crippen LogP contribution in [0.4, 0.5) is 5.82 Å². The van der Waals surface area contributed by atoms with Gasteiger partial charge < -0.3 is 10.5 Å². The Balaban J connectivity index is 1.84. The van der Waals surface area contributed by atoms with Crippen LogP contribution in [0.1, 0.15) is 11.1 Å². The molecule has 0 aliphatic heterocycles. The number of hydrogen-bond donors (Lipinski definition) is 2. The van der Waals surface area contributed by atoms with Crippen LogP contribution < -0.4 is 10.5 Å². The summed E-state index contributed by atoms with van der Waals surface area (Å²) in [5, 5.41) is 7.38. The monoisotopic (exact) mass is 313 g/mol. The van der Waals surface area contributed by atoms with Crippen molar-refractivity contribution in [2.75, 3.05) is 5.73 Å². The molecule has 3 rings (SSSR count). The number of anilines is 1. The van der Waals surface area contributed by atoms with E-state index in [1.807, 2.05) is 49.4 Å². The van der Waals surface area contributed by atoms with E-state index in [0.29, 0.717) is 23.2 Å². The second-order valence-electron chi connectivity index (χ2n) is 5.08. The molecule has 0 spiro atoms. The van der Waals surface area contributed by atoms with E-state index in [1.54, 1.807) is 6.07 Å². The molecule has 3 N–H and O–H groups in total. The number of aromatic nitrogens is 2. The summed E-state index contributed by atoms with van der Waals surface area (Å²) in [6.07, 6.45) is 0. The summed E-state index contributed by atoms with van der Waals surface area (Å²) in [5.74, 6) is 1.15. The van der Waals surface area contributed by atoms with Crippen molar-refractivity contribution in [2.45, 2.75) is 13.5 Å². The molecule has 22 heavy (non-hydrogen) atoms. The SMILES string of the molecule is Cc1cc(-c2cc(N)n[nH]2)cc(Cl)c1OCc1ccccc1. The van der Waals surface area contributed by atoms with E-state index in [1.165, 1.54) is 0 Å². The molecule has 0 radical (unpaired) electrons. The number of rotatable bonds is 4. The maximum atomic E-state index is 6.37. The van der Waals surface area contributed by atoms with E-state index in [4.69, 9.17) is 22.1 Å². The van der Waals surface area contributed by atoms with Gasteiger partial charge in [0.05, 0.1) is 10.7 Å². The smallest absolute Gasteiger partial charge is 0.145 e. The van der Waals surface area contributed by atoms with Crippen molar-refractivity contribution in [2.24, 2.45) is 0 Å². The highest BCUT2D eigenvalue weighted by Crippen LogP contribution is 2.34. The van der Waals surface area contributed by atoms with Gasteiger partial charge >= 0.3 is 0 Å². The molecule has 0 atom stereocenters. The van der Waals surface area contributed by atoms with Crippen molar-refractivity contribution in [3.63, 3.8) is 0 Å². The van der Waals surface area contributed by atoms with Crippen LogP contribution in [0.15, 0.2) is 48.5 Å². The molecule has 0 aliphatic carbocycles. The van der Waals surface area contributed by atoms with Gasteiger partial charge in [-0.15, -0.1) is 0 Å². The van der Waals surface area contributed by atoms with Crippen LogP contribution in [0.3, 0.4) is 0 Å². The normalized spacial score (nSPS) is 10.6. The van der Waals surface area contributed by atoms with Gasteiger partial charge in [-0.3, -0.25) is 5.10 Å². The number of nitrogen functional groups attached to an aromatic ring is 1. The van der Waals surface area contributed by atoms with E-state index >= 15 is 0 Å². The molecule has 5 heteroatoms. The Kier molecular flexibility index (Phi) is 4.02. The van der Waals surface area contributed by atoms with Crippen molar-refractivity contribution in [1.29, 1.82) is 0 Å². The molecular weight excluding hydrogens is 298 g/mol. The highest BCUT2D eigenvalue weighted by Gasteiger charge is 2.11. The van der Waals surface area contributed by atoms with Crippen LogP contribution in [0.2, 0.25) is 5.02 Å². The first-order valence-corrected chi connectivity index (χ1v) is 7.29. The molecule has 0 fully saturated rings. The lowest BCUT2D eigenvalue weighted by Gasteiger charge is -2.12. The Bertz CT molecular complexity index is 761. The lowest BCUT2D eigenvalue weighted by molar-refractivity contribution is 0.304. The van der Waals surface area contributed by atoms with Gasteiger partial charge in [0.1, 0.15) is 18.2 Å². The van der Waals surface area contributed by atoms with Gasteiger partial charge in [0.2, 0.25) is 0 Å². The molecule has 0 unspecified atom stereocenters. The zero-order valence-electron chi connectivity index (χ0n) is 12.1. The summed E-state index contributed by atoms with van der Waals surface area (Å²) in [6, 6.07) is 15.6. The summed E-state index contributed by atoms with van der Waals surface area (Å²) < 4.78 is 5.87. The third kappa shape index (κ3) is 3.07. The standard InChI is InChI=1S/C17H16ClN3O/c1-11-7-13(15-9-16(19)21-20-15)8-14(18)17(11)22-10-12-5-3-2-4-6-12/h2-9H,10H2,1H3,(H3,19,20,21). The number of H-pyrrole nitrogens is 1. The predicted molar refractivity (Wildman–Crippen MR) is 89.0 cm³/mol. The molecule has 4 nitrogen and oxygen atoms in total. The number of halogens is 1. The fourth-order valence-corrected chi connectivity index (χ4v) is 2.61. The zero-order chi connectivity index (χ0) is 15.5. The number of nitrogens with two attached hydrogens (primary N) is 1. The Morgan fingerprint density at radius 2 is 1.95 bits per heavy atom. The van der Waals surface area contributed by atoms with Gasteiger partial charge in [-0.05, 0) is 30.2 Å². The number of nitrogens with one attached hydrogen (secondary N) is 1. The topological polar surface area (TPSA) is 63.9 Å². The maximum Gasteiger partial charge on any atom is 0.145 e. The minimum atomic E-state index is 0.452. The number of ether oxygens (including phenoxy) is 1. The Labute approximate surface area is 133 Å². The first-order chi connectivity index (χ1) is 10.6. The Morgan fingerprint density at radius 1 is 1.18 bits per heavy atom. The molecule has 0 saturated heterocycles. The van der Waals surface area contributed by atoms with E-state index < -0.39 is 0 Å². The summed E-state index contributed by atoms with van der Waals surface area (Å²) >= 11 is 6.37. The van der Waals surface area contributed by atoms with Crippen LogP contribution in [-0.4, -0.2) is 10.2 Å². The Morgan fingerprint density at radius 3 is 2.59 bits per heavy atom. The molecule has 0 aliphatic rings. The fraction of sp³-hybridized carbons (Fsp3) is 0.118. The second kappa shape index (κ2) is 6.12. The van der Waals surface area contributed by atoms with E-state index in [2.05, 4.69) is 10.2 Å². The van der Waals surface area contributed by atoms with Crippen LogP contribution in [0.5, 0.6) is 5.75 Å². The van der Waals surface area contributed by atoms with E-state index in [0.717, 1.165) is 22.4 Å². The van der Waals surface area contributed by atoms with Gasteiger partial charge in [0.25, 0.3) is 0 Å². The van der Waals surface area contributed by atoms with Crippen molar-refractivity contribution in [3.05, 3.63) is 64.7 Å². The second-order valence-corrected chi connectivity index (χ2v) is 5.49. The van der Waals surface area contributed by atoms with Crippen LogP contribution in [0.25, 0.3) is 11.3 Å². The summed E-state index contributed by atoms with van der Waals surface area (Å²) in [7, 11) is 0.